The maximum Gasteiger partial charge on any atom is 4.00 e. The first kappa shape index (κ1) is 26.2. The van der Waals surface area contributed by atoms with Crippen LogP contribution < -0.4 is 37.2 Å². The van der Waals surface area contributed by atoms with Gasteiger partial charge in [-0.1, -0.05) is 38.0 Å². The van der Waals surface area contributed by atoms with Crippen LogP contribution in [0.15, 0.2) is 29.9 Å². The van der Waals surface area contributed by atoms with Crippen molar-refractivity contribution < 1.29 is 58.9 Å². The summed E-state index contributed by atoms with van der Waals surface area (Å²) in [5.41, 5.74) is 7.09. The van der Waals surface area contributed by atoms with E-state index < -0.39 is 0 Å². The van der Waals surface area contributed by atoms with Gasteiger partial charge >= 0.3 is 21.7 Å². The molecule has 0 bridgehead atoms. The van der Waals surface area contributed by atoms with Crippen molar-refractivity contribution in [3.05, 3.63) is 58.2 Å². The maximum atomic E-state index is 3.40. The van der Waals surface area contributed by atoms with Gasteiger partial charge in [-0.3, -0.25) is 6.08 Å². The topological polar surface area (TPSA) is 0 Å². The van der Waals surface area contributed by atoms with E-state index in [-0.39, 0.29) is 64.4 Å². The first-order chi connectivity index (χ1) is 7.93. The molecule has 0 spiro atoms. The van der Waals surface area contributed by atoms with Gasteiger partial charge in [-0.2, -0.15) is 5.57 Å². The Kier molecular flexibility index (Phi) is 12.6. The molecule has 0 aliphatic heterocycles. The number of benzene rings is 1. The van der Waals surface area contributed by atoms with Crippen LogP contribution in [0, 0.1) is 26.8 Å². The molecule has 0 fully saturated rings. The average molecular weight is 380 g/mol. The molecule has 4 heteroatoms. The molecule has 0 saturated heterocycles. The van der Waals surface area contributed by atoms with Crippen LogP contribution in [0.4, 0.5) is 0 Å². The molecule has 0 nitrogen and oxygen atoms in total. The van der Waals surface area contributed by atoms with E-state index in [1.54, 1.807) is 0 Å². The summed E-state index contributed by atoms with van der Waals surface area (Å²) >= 11 is 0. The molecule has 0 unspecified atom stereocenters. The second kappa shape index (κ2) is 10.1. The summed E-state index contributed by atoms with van der Waals surface area (Å²) < 4.78 is 0. The average Bonchev–Trinajstić information content (AvgIpc) is 2.67. The van der Waals surface area contributed by atoms with E-state index in [2.05, 4.69) is 65.0 Å². The Bertz CT molecular complexity index is 494. The van der Waals surface area contributed by atoms with E-state index in [1.807, 2.05) is 0 Å². The fourth-order valence-electron chi connectivity index (χ4n) is 3.15. The van der Waals surface area contributed by atoms with Gasteiger partial charge in [0.25, 0.3) is 0 Å². The molecule has 0 amide bonds. The molecule has 0 heterocycles. The summed E-state index contributed by atoms with van der Waals surface area (Å²) in [6.45, 7) is 11.2. The largest absolute Gasteiger partial charge is 4.00 e. The third-order valence-corrected chi connectivity index (χ3v) is 3.75. The van der Waals surface area contributed by atoms with Crippen LogP contribution in [0.2, 0.25) is 0 Å². The van der Waals surface area contributed by atoms with Crippen molar-refractivity contribution in [3.8, 4) is 0 Å². The van der Waals surface area contributed by atoms with Gasteiger partial charge in [0.1, 0.15) is 0 Å². The molecule has 1 aliphatic rings. The van der Waals surface area contributed by atoms with Gasteiger partial charge in [0.15, 0.2) is 0 Å². The minimum absolute atomic E-state index is 0. The summed E-state index contributed by atoms with van der Waals surface area (Å²) in [6.07, 6.45) is 8.68. The fourth-order valence-corrected chi connectivity index (χ4v) is 3.15. The van der Waals surface area contributed by atoms with E-state index in [1.165, 1.54) is 27.8 Å². The Labute approximate surface area is 163 Å². The number of hydrogen-bond donors (Lipinski definition) is 0. The van der Waals surface area contributed by atoms with E-state index in [0.29, 0.717) is 0 Å². The van der Waals surface area contributed by atoms with Crippen LogP contribution in [0.25, 0.3) is 0 Å². The van der Waals surface area contributed by atoms with Crippen molar-refractivity contribution in [1.29, 1.82) is 0 Å². The number of aryl methyl sites for hydroxylation is 3. The van der Waals surface area contributed by atoms with Gasteiger partial charge in [-0.25, -0.2) is 12.2 Å². The van der Waals surface area contributed by atoms with Gasteiger partial charge in [-0.15, -0.1) is 0 Å². The summed E-state index contributed by atoms with van der Waals surface area (Å²) in [4.78, 5) is 0. The molecule has 0 aromatic heterocycles. The molecule has 2 rings (SSSR count). The van der Waals surface area contributed by atoms with Crippen LogP contribution >= 0.6 is 0 Å². The van der Waals surface area contributed by atoms with Crippen molar-refractivity contribution in [1.82, 2.24) is 0 Å². The van der Waals surface area contributed by atoms with Gasteiger partial charge in [0.05, 0.1) is 0 Å². The Hall–Kier alpha value is 0.284. The van der Waals surface area contributed by atoms with Crippen molar-refractivity contribution in [2.24, 2.45) is 0 Å². The van der Waals surface area contributed by atoms with Gasteiger partial charge in [-0.05, 0) is 42.9 Å². The maximum absolute atomic E-state index is 3.40. The summed E-state index contributed by atoms with van der Waals surface area (Å²) in [7, 11) is 0. The summed E-state index contributed by atoms with van der Waals surface area (Å²) in [5.74, 6) is 0. The Morgan fingerprint density at radius 1 is 0.952 bits per heavy atom. The first-order valence-electron chi connectivity index (χ1n) is 6.29. The molecule has 1 aromatic rings. The fraction of sp³-hybridized carbons (Fsp3) is 0.412. The molecule has 1 aliphatic carbocycles. The van der Waals surface area contributed by atoms with Gasteiger partial charge in [0.2, 0.25) is 0 Å². The molecular weight excluding hydrogens is 358 g/mol. The van der Waals surface area contributed by atoms with Crippen molar-refractivity contribution in [3.63, 3.8) is 0 Å². The van der Waals surface area contributed by atoms with Crippen molar-refractivity contribution in [2.75, 3.05) is 0 Å². The quantitative estimate of drug-likeness (QED) is 0.360. The normalized spacial score (nSPS) is 12.3. The number of allylic oxidation sites excluding steroid dienone is 4. The predicted octanol–water partition coefficient (Wildman–Crippen LogP) is -4.41. The molecule has 114 valence electrons. The number of halogens is 3. The van der Waals surface area contributed by atoms with E-state index in [4.69, 9.17) is 0 Å². The number of rotatable bonds is 2. The predicted molar refractivity (Wildman–Crippen MR) is 74.2 cm³/mol. The molecule has 0 atom stereocenters. The Morgan fingerprint density at radius 3 is 1.81 bits per heavy atom. The zero-order valence-corrected chi connectivity index (χ0v) is 17.0. The standard InChI is InChI=1S/C17H21.3ClH.Ti/c1-12-10-13(2)16(14(3)11-12)17(4,5)15-8-6-7-9-15;;;;/h6-7,10-11H,8H2,1-5H3;3*1H;/q-1;;;;+4/p-3. The zero-order chi connectivity index (χ0) is 12.6. The van der Waals surface area contributed by atoms with Crippen LogP contribution in [0.5, 0.6) is 0 Å². The van der Waals surface area contributed by atoms with E-state index in [0.717, 1.165) is 6.42 Å². The smallest absolute Gasteiger partial charge is 1.00 e. The second-order valence-corrected chi connectivity index (χ2v) is 5.63. The van der Waals surface area contributed by atoms with E-state index >= 15 is 0 Å². The second-order valence-electron chi connectivity index (χ2n) is 5.63. The molecular formula is C17H21Cl3Ti. The Morgan fingerprint density at radius 2 is 1.43 bits per heavy atom. The molecule has 0 N–H and O–H groups in total. The molecule has 0 radical (unpaired) electrons. The zero-order valence-electron chi connectivity index (χ0n) is 13.2. The van der Waals surface area contributed by atoms with Crippen LogP contribution in [0.1, 0.15) is 42.5 Å². The molecule has 1 aromatic carbocycles. The molecule has 0 saturated carbocycles. The molecule has 21 heavy (non-hydrogen) atoms. The third-order valence-electron chi connectivity index (χ3n) is 3.75. The van der Waals surface area contributed by atoms with Crippen molar-refractivity contribution in [2.45, 2.75) is 46.5 Å². The minimum atomic E-state index is 0. The van der Waals surface area contributed by atoms with Gasteiger partial charge < -0.3 is 37.2 Å². The first-order valence-corrected chi connectivity index (χ1v) is 6.29. The van der Waals surface area contributed by atoms with Crippen LogP contribution in [-0.4, -0.2) is 0 Å². The number of hydrogen-bond acceptors (Lipinski definition) is 0. The third kappa shape index (κ3) is 5.45. The van der Waals surface area contributed by atoms with Crippen LogP contribution in [0.3, 0.4) is 0 Å². The summed E-state index contributed by atoms with van der Waals surface area (Å²) in [6, 6.07) is 4.57. The SMILES string of the molecule is Cc1cc(C)c(C(C)(C)C2=[C-]C=CC2)c(C)c1.[Cl-].[Cl-].[Cl-].[Ti+4]. The van der Waals surface area contributed by atoms with E-state index in [9.17, 15) is 0 Å². The van der Waals surface area contributed by atoms with Crippen LogP contribution in [-0.2, 0) is 27.1 Å². The Balaban J connectivity index is -0.000000810. The monoisotopic (exact) mass is 378 g/mol. The minimum Gasteiger partial charge on any atom is -1.00 e. The summed E-state index contributed by atoms with van der Waals surface area (Å²) in [5, 5.41) is 0. The van der Waals surface area contributed by atoms with Gasteiger partial charge in [0, 0.05) is 0 Å². The van der Waals surface area contributed by atoms with Crippen molar-refractivity contribution >= 4 is 0 Å².